The number of rotatable bonds is 1. The predicted octanol–water partition coefficient (Wildman–Crippen LogP) is 2.32. The SMILES string of the molecule is COc1cc(O)c2c(O)csc2c1. The van der Waals surface area contributed by atoms with Crippen LogP contribution in [0.15, 0.2) is 17.5 Å². The third-order valence-corrected chi connectivity index (χ3v) is 2.76. The van der Waals surface area contributed by atoms with Crippen molar-refractivity contribution in [1.82, 2.24) is 0 Å². The number of thiophene rings is 1. The van der Waals surface area contributed by atoms with E-state index in [1.165, 1.54) is 24.5 Å². The van der Waals surface area contributed by atoms with E-state index in [1.807, 2.05) is 0 Å². The Kier molecular flexibility index (Phi) is 1.77. The summed E-state index contributed by atoms with van der Waals surface area (Å²) in [6.45, 7) is 0. The molecule has 0 aliphatic carbocycles. The molecule has 13 heavy (non-hydrogen) atoms. The number of methoxy groups -OCH3 is 1. The van der Waals surface area contributed by atoms with E-state index in [1.54, 1.807) is 11.4 Å². The second-order valence-electron chi connectivity index (χ2n) is 2.64. The van der Waals surface area contributed by atoms with Crippen LogP contribution < -0.4 is 4.74 Å². The van der Waals surface area contributed by atoms with Gasteiger partial charge in [0.05, 0.1) is 12.5 Å². The second-order valence-corrected chi connectivity index (χ2v) is 3.55. The van der Waals surface area contributed by atoms with Crippen LogP contribution in [-0.4, -0.2) is 17.3 Å². The van der Waals surface area contributed by atoms with Crippen molar-refractivity contribution in [3.8, 4) is 17.2 Å². The molecular formula is C9H8O3S. The minimum absolute atomic E-state index is 0.0492. The van der Waals surface area contributed by atoms with E-state index in [0.717, 1.165) is 4.70 Å². The Morgan fingerprint density at radius 1 is 1.23 bits per heavy atom. The molecule has 0 spiro atoms. The molecule has 0 atom stereocenters. The molecule has 2 N–H and O–H groups in total. The summed E-state index contributed by atoms with van der Waals surface area (Å²) in [4.78, 5) is 0. The smallest absolute Gasteiger partial charge is 0.137 e. The zero-order valence-electron chi connectivity index (χ0n) is 6.94. The molecule has 2 aromatic rings. The molecule has 68 valence electrons. The number of hydrogen-bond donors (Lipinski definition) is 2. The molecule has 0 amide bonds. The molecule has 0 radical (unpaired) electrons. The summed E-state index contributed by atoms with van der Waals surface area (Å²) in [6, 6.07) is 3.26. The Bertz CT molecular complexity index is 447. The van der Waals surface area contributed by atoms with Gasteiger partial charge < -0.3 is 14.9 Å². The lowest BCUT2D eigenvalue weighted by molar-refractivity contribution is 0.409. The highest BCUT2D eigenvalue weighted by Gasteiger charge is 2.09. The van der Waals surface area contributed by atoms with Crippen LogP contribution in [0.2, 0.25) is 0 Å². The van der Waals surface area contributed by atoms with Crippen LogP contribution >= 0.6 is 11.3 Å². The van der Waals surface area contributed by atoms with Crippen LogP contribution in [0.1, 0.15) is 0 Å². The largest absolute Gasteiger partial charge is 0.507 e. The van der Waals surface area contributed by atoms with Crippen LogP contribution in [0.25, 0.3) is 10.1 Å². The zero-order valence-corrected chi connectivity index (χ0v) is 7.76. The maximum absolute atomic E-state index is 9.52. The van der Waals surface area contributed by atoms with E-state index < -0.39 is 0 Å². The number of benzene rings is 1. The monoisotopic (exact) mass is 196 g/mol. The van der Waals surface area contributed by atoms with E-state index in [9.17, 15) is 10.2 Å². The molecule has 3 nitrogen and oxygen atoms in total. The van der Waals surface area contributed by atoms with Crippen molar-refractivity contribution in [3.05, 3.63) is 17.5 Å². The van der Waals surface area contributed by atoms with E-state index in [-0.39, 0.29) is 11.5 Å². The summed E-state index contributed by atoms with van der Waals surface area (Å²) in [5, 5.41) is 21.0. The normalized spacial score (nSPS) is 10.5. The van der Waals surface area contributed by atoms with Crippen LogP contribution in [0.3, 0.4) is 0 Å². The first kappa shape index (κ1) is 8.19. The predicted molar refractivity (Wildman–Crippen MR) is 51.7 cm³/mol. The van der Waals surface area contributed by atoms with Crippen molar-refractivity contribution in [3.63, 3.8) is 0 Å². The van der Waals surface area contributed by atoms with E-state index in [0.29, 0.717) is 11.1 Å². The van der Waals surface area contributed by atoms with Crippen molar-refractivity contribution in [1.29, 1.82) is 0 Å². The topological polar surface area (TPSA) is 49.7 Å². The van der Waals surface area contributed by atoms with Gasteiger partial charge in [0, 0.05) is 16.1 Å². The molecule has 0 unspecified atom stereocenters. The molecule has 0 fully saturated rings. The summed E-state index contributed by atoms with van der Waals surface area (Å²) < 4.78 is 5.79. The van der Waals surface area contributed by atoms with Gasteiger partial charge in [0.1, 0.15) is 17.2 Å². The highest BCUT2D eigenvalue weighted by molar-refractivity contribution is 7.17. The minimum Gasteiger partial charge on any atom is -0.507 e. The summed E-state index contributed by atoms with van der Waals surface area (Å²) in [7, 11) is 1.54. The van der Waals surface area contributed by atoms with Gasteiger partial charge in [-0.1, -0.05) is 0 Å². The van der Waals surface area contributed by atoms with Gasteiger partial charge in [0.2, 0.25) is 0 Å². The molecule has 0 bridgehead atoms. The van der Waals surface area contributed by atoms with Gasteiger partial charge in [-0.3, -0.25) is 0 Å². The fourth-order valence-corrected chi connectivity index (χ4v) is 2.09. The number of phenols is 1. The Morgan fingerprint density at radius 3 is 2.69 bits per heavy atom. The molecular weight excluding hydrogens is 188 g/mol. The molecule has 0 aliphatic rings. The van der Waals surface area contributed by atoms with E-state index in [2.05, 4.69) is 0 Å². The van der Waals surface area contributed by atoms with Crippen molar-refractivity contribution in [2.45, 2.75) is 0 Å². The number of ether oxygens (including phenoxy) is 1. The fourth-order valence-electron chi connectivity index (χ4n) is 1.22. The Hall–Kier alpha value is -1.42. The average molecular weight is 196 g/mol. The summed E-state index contributed by atoms with van der Waals surface area (Å²) >= 11 is 1.37. The number of aromatic hydroxyl groups is 2. The summed E-state index contributed by atoms with van der Waals surface area (Å²) in [5.74, 6) is 0.750. The number of phenolic OH excluding ortho intramolecular Hbond substituents is 1. The highest BCUT2D eigenvalue weighted by atomic mass is 32.1. The van der Waals surface area contributed by atoms with Crippen molar-refractivity contribution in [2.75, 3.05) is 7.11 Å². The third-order valence-electron chi connectivity index (χ3n) is 1.84. The maximum atomic E-state index is 9.52. The molecule has 1 aromatic carbocycles. The van der Waals surface area contributed by atoms with Gasteiger partial charge in [-0.2, -0.15) is 0 Å². The lowest BCUT2D eigenvalue weighted by Crippen LogP contribution is -1.81. The van der Waals surface area contributed by atoms with Gasteiger partial charge in [-0.15, -0.1) is 11.3 Å². The number of fused-ring (bicyclic) bond motifs is 1. The fraction of sp³-hybridized carbons (Fsp3) is 0.111. The first-order valence-corrected chi connectivity index (χ1v) is 4.57. The third kappa shape index (κ3) is 1.19. The quantitative estimate of drug-likeness (QED) is 0.735. The van der Waals surface area contributed by atoms with Gasteiger partial charge in [-0.25, -0.2) is 0 Å². The average Bonchev–Trinajstić information content (AvgIpc) is 2.48. The lowest BCUT2D eigenvalue weighted by Gasteiger charge is -2.01. The summed E-state index contributed by atoms with van der Waals surface area (Å²) in [5.41, 5.74) is 0. The van der Waals surface area contributed by atoms with Crippen molar-refractivity contribution >= 4 is 21.4 Å². The zero-order chi connectivity index (χ0) is 9.42. The Morgan fingerprint density at radius 2 is 2.00 bits per heavy atom. The van der Waals surface area contributed by atoms with Crippen molar-refractivity contribution in [2.24, 2.45) is 0 Å². The van der Waals surface area contributed by atoms with Gasteiger partial charge in [0.25, 0.3) is 0 Å². The number of hydrogen-bond acceptors (Lipinski definition) is 4. The molecule has 1 aromatic heterocycles. The minimum atomic E-state index is 0.0492. The second kappa shape index (κ2) is 2.81. The molecule has 0 saturated carbocycles. The van der Waals surface area contributed by atoms with Crippen LogP contribution in [-0.2, 0) is 0 Å². The molecule has 0 saturated heterocycles. The van der Waals surface area contributed by atoms with E-state index in [4.69, 9.17) is 4.74 Å². The molecule has 4 heteroatoms. The van der Waals surface area contributed by atoms with Gasteiger partial charge in [0.15, 0.2) is 0 Å². The van der Waals surface area contributed by atoms with Crippen molar-refractivity contribution < 1.29 is 14.9 Å². The molecule has 0 aliphatic heterocycles. The molecule has 1 heterocycles. The van der Waals surface area contributed by atoms with Crippen LogP contribution in [0, 0.1) is 0 Å². The van der Waals surface area contributed by atoms with Crippen LogP contribution in [0.5, 0.6) is 17.2 Å². The van der Waals surface area contributed by atoms with Gasteiger partial charge >= 0.3 is 0 Å². The maximum Gasteiger partial charge on any atom is 0.137 e. The lowest BCUT2D eigenvalue weighted by atomic mass is 10.2. The first-order valence-electron chi connectivity index (χ1n) is 3.69. The Balaban J connectivity index is 2.79. The van der Waals surface area contributed by atoms with Gasteiger partial charge in [-0.05, 0) is 6.07 Å². The first-order chi connectivity index (χ1) is 6.22. The summed E-state index contributed by atoms with van der Waals surface area (Å²) in [6.07, 6.45) is 0. The highest BCUT2D eigenvalue weighted by Crippen LogP contribution is 2.40. The standard InChI is InChI=1S/C9H8O3S/c1-12-5-2-6(10)9-7(11)4-13-8(9)3-5/h2-4,10-11H,1H3. The van der Waals surface area contributed by atoms with Crippen LogP contribution in [0.4, 0.5) is 0 Å². The Labute approximate surface area is 78.8 Å². The van der Waals surface area contributed by atoms with E-state index >= 15 is 0 Å². The molecule has 2 rings (SSSR count).